The molecule has 0 radical (unpaired) electrons. The molecule has 6 nitrogen and oxygen atoms in total. The summed E-state index contributed by atoms with van der Waals surface area (Å²) in [6.45, 7) is 5.91. The fourth-order valence-electron chi connectivity index (χ4n) is 2.20. The standard InChI is InChI=1S/C18H22N4O2S/c1-4-5-10-15-21-22-18(25-15)20-17(23)16(12(2)3)24-14-9-7-6-8-13(14)11-19/h6-9,12,16H,4-5,10H2,1-3H3,(H,20,22,23). The molecule has 1 amide bonds. The third-order valence-corrected chi connectivity index (χ3v) is 4.46. The minimum Gasteiger partial charge on any atom is -0.479 e. The van der Waals surface area contributed by atoms with Crippen molar-refractivity contribution in [2.45, 2.75) is 46.1 Å². The number of para-hydroxylation sites is 1. The molecule has 0 bridgehead atoms. The van der Waals surface area contributed by atoms with Crippen LogP contribution in [-0.2, 0) is 11.2 Å². The van der Waals surface area contributed by atoms with Gasteiger partial charge >= 0.3 is 0 Å². The molecule has 132 valence electrons. The summed E-state index contributed by atoms with van der Waals surface area (Å²) in [7, 11) is 0. The Morgan fingerprint density at radius 3 is 2.80 bits per heavy atom. The highest BCUT2D eigenvalue weighted by molar-refractivity contribution is 7.15. The van der Waals surface area contributed by atoms with Gasteiger partial charge in [0.1, 0.15) is 16.8 Å². The van der Waals surface area contributed by atoms with Crippen molar-refractivity contribution in [3.05, 3.63) is 34.8 Å². The maximum Gasteiger partial charge on any atom is 0.267 e. The van der Waals surface area contributed by atoms with Gasteiger partial charge in [-0.05, 0) is 24.5 Å². The third-order valence-electron chi connectivity index (χ3n) is 3.57. The highest BCUT2D eigenvalue weighted by Crippen LogP contribution is 2.23. The summed E-state index contributed by atoms with van der Waals surface area (Å²) in [4.78, 5) is 12.6. The third kappa shape index (κ3) is 5.26. The average Bonchev–Trinajstić information content (AvgIpc) is 3.05. The van der Waals surface area contributed by atoms with Crippen molar-refractivity contribution in [3.63, 3.8) is 0 Å². The number of nitriles is 1. The monoisotopic (exact) mass is 358 g/mol. The predicted octanol–water partition coefficient (Wildman–Crippen LogP) is 3.79. The SMILES string of the molecule is CCCCc1nnc(NC(=O)C(Oc2ccccc2C#N)C(C)C)s1. The van der Waals surface area contributed by atoms with Crippen LogP contribution in [0.4, 0.5) is 5.13 Å². The zero-order valence-corrected chi connectivity index (χ0v) is 15.5. The maximum absolute atomic E-state index is 12.6. The number of unbranched alkanes of at least 4 members (excludes halogenated alkanes) is 1. The number of nitrogens with one attached hydrogen (secondary N) is 1. The minimum absolute atomic E-state index is 0.0702. The molecule has 1 aromatic carbocycles. The second-order valence-corrected chi connectivity index (χ2v) is 7.05. The molecule has 7 heteroatoms. The summed E-state index contributed by atoms with van der Waals surface area (Å²) in [5.74, 6) is 0.0416. The second kappa shape index (κ2) is 9.14. The Morgan fingerprint density at radius 1 is 1.36 bits per heavy atom. The number of ether oxygens (including phenoxy) is 1. The van der Waals surface area contributed by atoms with Gasteiger partial charge in [0.2, 0.25) is 5.13 Å². The molecule has 0 spiro atoms. The first-order chi connectivity index (χ1) is 12.0. The second-order valence-electron chi connectivity index (χ2n) is 5.98. The zero-order chi connectivity index (χ0) is 18.2. The van der Waals surface area contributed by atoms with E-state index in [2.05, 4.69) is 28.5 Å². The van der Waals surface area contributed by atoms with E-state index in [9.17, 15) is 10.1 Å². The van der Waals surface area contributed by atoms with E-state index in [-0.39, 0.29) is 11.8 Å². The van der Waals surface area contributed by atoms with Gasteiger partial charge in [0.05, 0.1) is 5.56 Å². The summed E-state index contributed by atoms with van der Waals surface area (Å²) >= 11 is 1.38. The minimum atomic E-state index is -0.725. The molecule has 0 fully saturated rings. The van der Waals surface area contributed by atoms with E-state index in [1.807, 2.05) is 13.8 Å². The number of aryl methyl sites for hydroxylation is 1. The van der Waals surface area contributed by atoms with Crippen LogP contribution in [0.25, 0.3) is 0 Å². The van der Waals surface area contributed by atoms with Crippen LogP contribution in [0.15, 0.2) is 24.3 Å². The van der Waals surface area contributed by atoms with Crippen molar-refractivity contribution in [2.24, 2.45) is 5.92 Å². The molecule has 2 aromatic rings. The van der Waals surface area contributed by atoms with Gasteiger partial charge < -0.3 is 4.74 Å². The van der Waals surface area contributed by atoms with Crippen LogP contribution >= 0.6 is 11.3 Å². The summed E-state index contributed by atoms with van der Waals surface area (Å²) < 4.78 is 5.83. The average molecular weight is 358 g/mol. The normalized spacial score (nSPS) is 11.8. The molecule has 0 saturated carbocycles. The quantitative estimate of drug-likeness (QED) is 0.775. The Labute approximate surface area is 151 Å². The van der Waals surface area contributed by atoms with E-state index >= 15 is 0 Å². The van der Waals surface area contributed by atoms with Crippen molar-refractivity contribution in [2.75, 3.05) is 5.32 Å². The number of nitrogens with zero attached hydrogens (tertiary/aromatic N) is 3. The lowest BCUT2D eigenvalue weighted by Gasteiger charge is -2.21. The van der Waals surface area contributed by atoms with Gasteiger partial charge in [-0.25, -0.2) is 0 Å². The van der Waals surface area contributed by atoms with E-state index in [4.69, 9.17) is 4.74 Å². The largest absolute Gasteiger partial charge is 0.479 e. The molecule has 1 atom stereocenters. The molecule has 2 rings (SSSR count). The number of carbonyl (C=O) groups excluding carboxylic acids is 1. The van der Waals surface area contributed by atoms with Crippen LogP contribution in [0.1, 0.15) is 44.2 Å². The highest BCUT2D eigenvalue weighted by atomic mass is 32.1. The highest BCUT2D eigenvalue weighted by Gasteiger charge is 2.26. The van der Waals surface area contributed by atoms with E-state index in [0.717, 1.165) is 24.3 Å². The van der Waals surface area contributed by atoms with Crippen LogP contribution < -0.4 is 10.1 Å². The molecule has 0 saturated heterocycles. The molecule has 1 unspecified atom stereocenters. The fourth-order valence-corrected chi connectivity index (χ4v) is 2.99. The smallest absolute Gasteiger partial charge is 0.267 e. The summed E-state index contributed by atoms with van der Waals surface area (Å²) in [5, 5.41) is 21.4. The van der Waals surface area contributed by atoms with Gasteiger partial charge in [-0.2, -0.15) is 5.26 Å². The van der Waals surface area contributed by atoms with Gasteiger partial charge in [0.15, 0.2) is 6.10 Å². The lowest BCUT2D eigenvalue weighted by Crippen LogP contribution is -2.37. The number of benzene rings is 1. The predicted molar refractivity (Wildman–Crippen MR) is 97.6 cm³/mol. The number of hydrogen-bond acceptors (Lipinski definition) is 6. The van der Waals surface area contributed by atoms with Gasteiger partial charge in [0, 0.05) is 6.42 Å². The number of anilines is 1. The van der Waals surface area contributed by atoms with Crippen LogP contribution in [0.3, 0.4) is 0 Å². The van der Waals surface area contributed by atoms with Crippen LogP contribution in [-0.4, -0.2) is 22.2 Å². The Balaban J connectivity index is 2.08. The number of hydrogen-bond donors (Lipinski definition) is 1. The molecular weight excluding hydrogens is 336 g/mol. The van der Waals surface area contributed by atoms with E-state index in [0.29, 0.717) is 16.4 Å². The Bertz CT molecular complexity index is 752. The first kappa shape index (κ1) is 18.9. The van der Waals surface area contributed by atoms with Gasteiger partial charge in [-0.15, -0.1) is 10.2 Å². The van der Waals surface area contributed by atoms with E-state index in [1.165, 1.54) is 11.3 Å². The van der Waals surface area contributed by atoms with Crippen molar-refractivity contribution < 1.29 is 9.53 Å². The van der Waals surface area contributed by atoms with Gasteiger partial charge in [0.25, 0.3) is 5.91 Å². The van der Waals surface area contributed by atoms with Crippen LogP contribution in [0.2, 0.25) is 0 Å². The zero-order valence-electron chi connectivity index (χ0n) is 14.7. The molecule has 0 aliphatic heterocycles. The molecule has 1 heterocycles. The van der Waals surface area contributed by atoms with Crippen molar-refractivity contribution in [1.82, 2.24) is 10.2 Å². The summed E-state index contributed by atoms with van der Waals surface area (Å²) in [6, 6.07) is 8.96. The molecule has 1 aromatic heterocycles. The van der Waals surface area contributed by atoms with Gasteiger partial charge in [-0.1, -0.05) is 50.7 Å². The fraction of sp³-hybridized carbons (Fsp3) is 0.444. The lowest BCUT2D eigenvalue weighted by atomic mass is 10.1. The topological polar surface area (TPSA) is 87.9 Å². The maximum atomic E-state index is 12.6. The molecule has 1 N–H and O–H groups in total. The summed E-state index contributed by atoms with van der Waals surface area (Å²) in [6.07, 6.45) is 2.27. The van der Waals surface area contributed by atoms with E-state index < -0.39 is 6.10 Å². The summed E-state index contributed by atoms with van der Waals surface area (Å²) in [5.41, 5.74) is 0.402. The Kier molecular flexibility index (Phi) is 6.90. The van der Waals surface area contributed by atoms with Gasteiger partial charge in [-0.3, -0.25) is 10.1 Å². The van der Waals surface area contributed by atoms with Crippen LogP contribution in [0, 0.1) is 17.2 Å². The number of amides is 1. The molecule has 0 aliphatic carbocycles. The molecule has 0 aliphatic rings. The lowest BCUT2D eigenvalue weighted by molar-refractivity contribution is -0.124. The van der Waals surface area contributed by atoms with Crippen molar-refractivity contribution in [1.29, 1.82) is 5.26 Å². The van der Waals surface area contributed by atoms with Crippen molar-refractivity contribution in [3.8, 4) is 11.8 Å². The number of rotatable bonds is 8. The first-order valence-electron chi connectivity index (χ1n) is 8.34. The molecule has 25 heavy (non-hydrogen) atoms. The number of carbonyl (C=O) groups is 1. The Hall–Kier alpha value is -2.46. The molecular formula is C18H22N4O2S. The Morgan fingerprint density at radius 2 is 2.12 bits per heavy atom. The first-order valence-corrected chi connectivity index (χ1v) is 9.15. The van der Waals surface area contributed by atoms with E-state index in [1.54, 1.807) is 24.3 Å². The van der Waals surface area contributed by atoms with Crippen LogP contribution in [0.5, 0.6) is 5.75 Å². The van der Waals surface area contributed by atoms with Crippen molar-refractivity contribution >= 4 is 22.4 Å². The number of aromatic nitrogens is 2.